The summed E-state index contributed by atoms with van der Waals surface area (Å²) in [6, 6.07) is -0.0309. The Hall–Kier alpha value is -2.31. The normalized spacial score (nSPS) is 12.3. The second-order valence-electron chi connectivity index (χ2n) is 4.80. The van der Waals surface area contributed by atoms with Gasteiger partial charge in [0, 0.05) is 31.5 Å². The van der Waals surface area contributed by atoms with Crippen molar-refractivity contribution < 1.29 is 4.79 Å². The number of nitrogens with two attached hydrogens (primary N) is 1. The van der Waals surface area contributed by atoms with Crippen LogP contribution in [-0.4, -0.2) is 31.3 Å². The zero-order valence-electron chi connectivity index (χ0n) is 12.0. The highest BCUT2D eigenvalue weighted by Gasteiger charge is 2.20. The number of rotatable bonds is 5. The lowest BCUT2D eigenvalue weighted by atomic mass is 10.2. The topological polar surface area (TPSA) is 90.8 Å². The molecule has 0 aliphatic carbocycles. The van der Waals surface area contributed by atoms with Crippen molar-refractivity contribution in [1.29, 1.82) is 0 Å². The fourth-order valence-electron chi connectivity index (χ4n) is 2.11. The zero-order valence-corrected chi connectivity index (χ0v) is 12.0. The van der Waals surface area contributed by atoms with Crippen LogP contribution in [0, 0.1) is 6.92 Å². The largest absolute Gasteiger partial charge is 0.395 e. The Labute approximate surface area is 117 Å². The SMILES string of the molecule is CCn1nc(C)c(N)c1C(=O)NC(C)Cn1ccnc1. The Morgan fingerprint density at radius 3 is 2.90 bits per heavy atom. The molecule has 3 N–H and O–H groups in total. The van der Waals surface area contributed by atoms with Crippen LogP contribution in [-0.2, 0) is 13.1 Å². The third-order valence-corrected chi connectivity index (χ3v) is 3.11. The van der Waals surface area contributed by atoms with E-state index in [1.807, 2.05) is 24.6 Å². The number of anilines is 1. The van der Waals surface area contributed by atoms with Crippen LogP contribution in [0.25, 0.3) is 0 Å². The van der Waals surface area contributed by atoms with E-state index < -0.39 is 0 Å². The van der Waals surface area contributed by atoms with Gasteiger partial charge in [-0.1, -0.05) is 0 Å². The fraction of sp³-hybridized carbons (Fsp3) is 0.462. The summed E-state index contributed by atoms with van der Waals surface area (Å²) in [4.78, 5) is 16.3. The number of carbonyl (C=O) groups excluding carboxylic acids is 1. The van der Waals surface area contributed by atoms with E-state index in [4.69, 9.17) is 5.73 Å². The summed E-state index contributed by atoms with van der Waals surface area (Å²) in [5.41, 5.74) is 7.49. The van der Waals surface area contributed by atoms with Gasteiger partial charge in [-0.15, -0.1) is 0 Å². The molecule has 2 rings (SSSR count). The number of imidazole rings is 1. The zero-order chi connectivity index (χ0) is 14.7. The Morgan fingerprint density at radius 2 is 2.30 bits per heavy atom. The van der Waals surface area contributed by atoms with Gasteiger partial charge in [0.1, 0.15) is 5.69 Å². The minimum absolute atomic E-state index is 0.0309. The minimum Gasteiger partial charge on any atom is -0.395 e. The van der Waals surface area contributed by atoms with Gasteiger partial charge in [0.05, 0.1) is 17.7 Å². The highest BCUT2D eigenvalue weighted by molar-refractivity contribution is 5.98. The van der Waals surface area contributed by atoms with E-state index in [1.165, 1.54) is 0 Å². The van der Waals surface area contributed by atoms with Gasteiger partial charge in [-0.3, -0.25) is 9.48 Å². The molecule has 1 atom stereocenters. The van der Waals surface area contributed by atoms with E-state index in [1.54, 1.807) is 24.1 Å². The summed E-state index contributed by atoms with van der Waals surface area (Å²) in [6.45, 7) is 6.93. The van der Waals surface area contributed by atoms with Crippen LogP contribution >= 0.6 is 0 Å². The third-order valence-electron chi connectivity index (χ3n) is 3.11. The van der Waals surface area contributed by atoms with Gasteiger partial charge >= 0.3 is 0 Å². The number of amides is 1. The number of aryl methyl sites for hydroxylation is 2. The number of nitrogens with one attached hydrogen (secondary N) is 1. The van der Waals surface area contributed by atoms with Crippen LogP contribution in [0.2, 0.25) is 0 Å². The number of nitrogen functional groups attached to an aromatic ring is 1. The first-order chi connectivity index (χ1) is 9.52. The Bertz CT molecular complexity index is 586. The molecule has 2 aromatic rings. The highest BCUT2D eigenvalue weighted by Crippen LogP contribution is 2.16. The quantitative estimate of drug-likeness (QED) is 0.845. The van der Waals surface area contributed by atoms with Crippen molar-refractivity contribution in [3.63, 3.8) is 0 Å². The molecule has 1 unspecified atom stereocenters. The van der Waals surface area contributed by atoms with Crippen LogP contribution in [0.5, 0.6) is 0 Å². The Kier molecular flexibility index (Phi) is 4.07. The van der Waals surface area contributed by atoms with Crippen molar-refractivity contribution in [3.8, 4) is 0 Å². The number of nitrogens with zero attached hydrogens (tertiary/aromatic N) is 4. The van der Waals surface area contributed by atoms with E-state index in [9.17, 15) is 4.79 Å². The molecular formula is C13H20N6O. The molecule has 0 spiro atoms. The van der Waals surface area contributed by atoms with Crippen LogP contribution in [0.1, 0.15) is 30.0 Å². The molecule has 0 aromatic carbocycles. The first-order valence-electron chi connectivity index (χ1n) is 6.62. The molecule has 2 aromatic heterocycles. The van der Waals surface area contributed by atoms with Crippen LogP contribution in [0.15, 0.2) is 18.7 Å². The summed E-state index contributed by atoms with van der Waals surface area (Å²) < 4.78 is 3.54. The average Bonchev–Trinajstić information content (AvgIpc) is 2.98. The molecule has 0 radical (unpaired) electrons. The van der Waals surface area contributed by atoms with Gasteiger partial charge in [-0.2, -0.15) is 5.10 Å². The molecular weight excluding hydrogens is 256 g/mol. The van der Waals surface area contributed by atoms with Gasteiger partial charge in [-0.25, -0.2) is 4.98 Å². The molecule has 2 heterocycles. The molecule has 7 nitrogen and oxygen atoms in total. The van der Waals surface area contributed by atoms with Crippen LogP contribution < -0.4 is 11.1 Å². The maximum Gasteiger partial charge on any atom is 0.271 e. The predicted molar refractivity (Wildman–Crippen MR) is 76.2 cm³/mol. The van der Waals surface area contributed by atoms with Gasteiger partial charge < -0.3 is 15.6 Å². The number of carbonyl (C=O) groups is 1. The molecule has 108 valence electrons. The van der Waals surface area contributed by atoms with E-state index in [-0.39, 0.29) is 11.9 Å². The summed E-state index contributed by atoms with van der Waals surface area (Å²) in [7, 11) is 0. The first kappa shape index (κ1) is 14.1. The van der Waals surface area contributed by atoms with Crippen molar-refractivity contribution in [3.05, 3.63) is 30.1 Å². The second kappa shape index (κ2) is 5.77. The molecule has 0 bridgehead atoms. The molecule has 0 fully saturated rings. The lowest BCUT2D eigenvalue weighted by Gasteiger charge is -2.15. The van der Waals surface area contributed by atoms with Gasteiger partial charge in [-0.05, 0) is 20.8 Å². The summed E-state index contributed by atoms with van der Waals surface area (Å²) >= 11 is 0. The molecule has 1 amide bonds. The van der Waals surface area contributed by atoms with Crippen molar-refractivity contribution in [2.45, 2.75) is 39.9 Å². The lowest BCUT2D eigenvalue weighted by Crippen LogP contribution is -2.37. The minimum atomic E-state index is -0.197. The molecule has 20 heavy (non-hydrogen) atoms. The highest BCUT2D eigenvalue weighted by atomic mass is 16.2. The standard InChI is InChI=1S/C13H20N6O/c1-4-19-12(11(14)10(3)17-19)13(20)16-9(2)7-18-6-5-15-8-18/h5-6,8-9H,4,7,14H2,1-3H3,(H,16,20). The summed E-state index contributed by atoms with van der Waals surface area (Å²) in [6.07, 6.45) is 5.29. The van der Waals surface area contributed by atoms with Gasteiger partial charge in [0.25, 0.3) is 5.91 Å². The van der Waals surface area contributed by atoms with Crippen molar-refractivity contribution in [2.24, 2.45) is 0 Å². The van der Waals surface area contributed by atoms with E-state index in [0.29, 0.717) is 30.2 Å². The van der Waals surface area contributed by atoms with Crippen LogP contribution in [0.4, 0.5) is 5.69 Å². The smallest absolute Gasteiger partial charge is 0.271 e. The molecule has 0 aliphatic heterocycles. The molecule has 0 saturated carbocycles. The molecule has 7 heteroatoms. The average molecular weight is 276 g/mol. The summed E-state index contributed by atoms with van der Waals surface area (Å²) in [5.74, 6) is -0.197. The van der Waals surface area contributed by atoms with Gasteiger partial charge in [0.2, 0.25) is 0 Å². The first-order valence-corrected chi connectivity index (χ1v) is 6.62. The number of hydrogen-bond acceptors (Lipinski definition) is 4. The Morgan fingerprint density at radius 1 is 1.55 bits per heavy atom. The lowest BCUT2D eigenvalue weighted by molar-refractivity contribution is 0.0927. The van der Waals surface area contributed by atoms with Crippen LogP contribution in [0.3, 0.4) is 0 Å². The predicted octanol–water partition coefficient (Wildman–Crippen LogP) is 0.809. The molecule has 0 saturated heterocycles. The Balaban J connectivity index is 2.08. The van der Waals surface area contributed by atoms with Crippen molar-refractivity contribution >= 4 is 11.6 Å². The maximum atomic E-state index is 12.3. The van der Waals surface area contributed by atoms with E-state index in [2.05, 4.69) is 15.4 Å². The summed E-state index contributed by atoms with van der Waals surface area (Å²) in [5, 5.41) is 7.18. The number of aromatic nitrogens is 4. The second-order valence-corrected chi connectivity index (χ2v) is 4.80. The number of hydrogen-bond donors (Lipinski definition) is 2. The monoisotopic (exact) mass is 276 g/mol. The van der Waals surface area contributed by atoms with Gasteiger partial charge in [0.15, 0.2) is 0 Å². The van der Waals surface area contributed by atoms with E-state index >= 15 is 0 Å². The fourth-order valence-corrected chi connectivity index (χ4v) is 2.11. The van der Waals surface area contributed by atoms with Crippen molar-refractivity contribution in [1.82, 2.24) is 24.6 Å². The van der Waals surface area contributed by atoms with E-state index in [0.717, 1.165) is 0 Å². The third kappa shape index (κ3) is 2.81. The maximum absolute atomic E-state index is 12.3. The van der Waals surface area contributed by atoms with Crippen molar-refractivity contribution in [2.75, 3.05) is 5.73 Å². The molecule has 0 aliphatic rings.